The summed E-state index contributed by atoms with van der Waals surface area (Å²) in [4.78, 5) is 7.76. The summed E-state index contributed by atoms with van der Waals surface area (Å²) in [5.41, 5.74) is 6.91. The van der Waals surface area contributed by atoms with Gasteiger partial charge in [-0.1, -0.05) is 164 Å². The summed E-state index contributed by atoms with van der Waals surface area (Å²) in [6.07, 6.45) is 0. The Kier molecular flexibility index (Phi) is 7.05. The molecule has 0 aliphatic carbocycles. The summed E-state index contributed by atoms with van der Waals surface area (Å²) >= 11 is 1.87. The smallest absolute Gasteiger partial charge is 0.184 e. The fourth-order valence-corrected chi connectivity index (χ4v) is 14.5. The lowest BCUT2D eigenvalue weighted by Crippen LogP contribution is -2.77. The van der Waals surface area contributed by atoms with Crippen LogP contribution in [0.15, 0.2) is 194 Å². The highest BCUT2D eigenvalue weighted by Crippen LogP contribution is 2.41. The van der Waals surface area contributed by atoms with Gasteiger partial charge in [-0.25, -0.2) is 4.98 Å². The normalized spacial score (nSPS) is 13.2. The molecule has 10 rings (SSSR count). The van der Waals surface area contributed by atoms with Gasteiger partial charge in [-0.2, -0.15) is 0 Å². The third kappa shape index (κ3) is 4.65. The first-order valence-corrected chi connectivity index (χ1v) is 20.2. The first kappa shape index (κ1) is 29.8. The second-order valence-corrected chi connectivity index (χ2v) is 17.9. The third-order valence-corrected chi connectivity index (χ3v) is 16.5. The number of aromatic nitrogens is 1. The highest BCUT2D eigenvalue weighted by Gasteiger charge is 2.48. The summed E-state index contributed by atoms with van der Waals surface area (Å²) in [6.45, 7) is 0. The van der Waals surface area contributed by atoms with Gasteiger partial charge in [-0.05, 0) is 62.2 Å². The maximum atomic E-state index is 5.38. The van der Waals surface area contributed by atoms with Gasteiger partial charge < -0.3 is 0 Å². The molecule has 51 heavy (non-hydrogen) atoms. The first-order chi connectivity index (χ1) is 25.3. The van der Waals surface area contributed by atoms with E-state index in [0.717, 1.165) is 17.1 Å². The predicted molar refractivity (Wildman–Crippen MR) is 220 cm³/mol. The van der Waals surface area contributed by atoms with Crippen molar-refractivity contribution in [3.05, 3.63) is 194 Å². The monoisotopic (exact) mass is 684 g/mol. The molecule has 240 valence electrons. The first-order valence-electron chi connectivity index (χ1n) is 17.4. The molecule has 7 aromatic carbocycles. The zero-order valence-electron chi connectivity index (χ0n) is 27.8. The zero-order chi connectivity index (χ0) is 33.8. The van der Waals surface area contributed by atoms with Crippen molar-refractivity contribution in [2.75, 3.05) is 4.90 Å². The van der Waals surface area contributed by atoms with Crippen LogP contribution in [-0.2, 0) is 0 Å². The molecule has 0 spiro atoms. The van der Waals surface area contributed by atoms with Crippen molar-refractivity contribution in [3.8, 4) is 22.4 Å². The predicted octanol–water partition coefficient (Wildman–Crippen LogP) is 9.94. The quantitative estimate of drug-likeness (QED) is 0.168. The molecule has 0 N–H and O–H groups in total. The van der Waals surface area contributed by atoms with Crippen molar-refractivity contribution in [1.29, 1.82) is 0 Å². The maximum Gasteiger partial charge on any atom is 0.184 e. The molecule has 2 nitrogen and oxygen atoms in total. The Bertz CT molecular complexity index is 2610. The van der Waals surface area contributed by atoms with Crippen molar-refractivity contribution in [1.82, 2.24) is 4.98 Å². The van der Waals surface area contributed by atoms with Crippen LogP contribution in [0.5, 0.6) is 0 Å². The molecule has 4 heteroatoms. The van der Waals surface area contributed by atoms with Crippen molar-refractivity contribution >= 4 is 77.5 Å². The Morgan fingerprint density at radius 1 is 0.431 bits per heavy atom. The van der Waals surface area contributed by atoms with Crippen LogP contribution >= 0.6 is 11.3 Å². The van der Waals surface area contributed by atoms with Gasteiger partial charge in [-0.15, -0.1) is 11.3 Å². The number of anilines is 3. The standard InChI is InChI=1S/C47H32N2SSi/c1-3-15-35(16-4-1)51(36-17-5-2-6-18-36)44-26-11-8-23-41(44)49(42-24-9-12-27-45(42)51)46-28-14-22-40(48-46)34-31-29-33(30-32-34)37-20-13-21-39-38-19-7-10-25-43(38)50-47(37)39/h1-32H. The maximum absolute atomic E-state index is 5.38. The summed E-state index contributed by atoms with van der Waals surface area (Å²) in [5, 5.41) is 8.14. The Labute approximate surface area is 302 Å². The van der Waals surface area contributed by atoms with Gasteiger partial charge in [0.1, 0.15) is 5.82 Å². The number of pyridine rings is 1. The topological polar surface area (TPSA) is 16.1 Å². The zero-order valence-corrected chi connectivity index (χ0v) is 29.6. The fraction of sp³-hybridized carbons (Fsp3) is 0. The van der Waals surface area contributed by atoms with Crippen molar-refractivity contribution in [3.63, 3.8) is 0 Å². The van der Waals surface area contributed by atoms with Gasteiger partial charge in [0.05, 0.1) is 5.69 Å². The van der Waals surface area contributed by atoms with Crippen molar-refractivity contribution in [2.24, 2.45) is 0 Å². The Balaban J connectivity index is 1.10. The molecule has 0 saturated carbocycles. The molecule has 0 amide bonds. The van der Waals surface area contributed by atoms with E-state index in [2.05, 4.69) is 199 Å². The highest BCUT2D eigenvalue weighted by atomic mass is 32.1. The van der Waals surface area contributed by atoms with Crippen LogP contribution in [0.2, 0.25) is 0 Å². The number of fused-ring (bicyclic) bond motifs is 5. The minimum absolute atomic E-state index is 0.912. The molecular weight excluding hydrogens is 653 g/mol. The van der Waals surface area contributed by atoms with Gasteiger partial charge in [0, 0.05) is 37.1 Å². The van der Waals surface area contributed by atoms with Crippen LogP contribution < -0.4 is 25.6 Å². The minimum atomic E-state index is -2.67. The molecule has 0 unspecified atom stereocenters. The molecule has 0 saturated heterocycles. The van der Waals surface area contributed by atoms with Gasteiger partial charge in [0.25, 0.3) is 0 Å². The molecular formula is C47H32N2SSi. The molecule has 1 aliphatic rings. The number of para-hydroxylation sites is 2. The lowest BCUT2D eigenvalue weighted by molar-refractivity contribution is 1.19. The molecule has 0 fully saturated rings. The average molecular weight is 685 g/mol. The Morgan fingerprint density at radius 2 is 0.980 bits per heavy atom. The minimum Gasteiger partial charge on any atom is -0.295 e. The van der Waals surface area contributed by atoms with Gasteiger partial charge in [0.2, 0.25) is 0 Å². The second kappa shape index (κ2) is 12.1. The van der Waals surface area contributed by atoms with Crippen molar-refractivity contribution < 1.29 is 0 Å². The van der Waals surface area contributed by atoms with Gasteiger partial charge >= 0.3 is 0 Å². The van der Waals surface area contributed by atoms with Crippen LogP contribution in [0.25, 0.3) is 42.6 Å². The number of thiophene rings is 1. The summed E-state index contributed by atoms with van der Waals surface area (Å²) < 4.78 is 2.66. The van der Waals surface area contributed by atoms with Crippen molar-refractivity contribution in [2.45, 2.75) is 0 Å². The SMILES string of the molecule is c1ccc([Si]2(c3ccccc3)c3ccccc3N(c3cccc(-c4ccc(-c5cccc6c5sc5ccccc56)cc4)n3)c3ccccc32)cc1. The average Bonchev–Trinajstić information content (AvgIpc) is 3.60. The summed E-state index contributed by atoms with van der Waals surface area (Å²) in [5.74, 6) is 0.912. The second-order valence-electron chi connectivity index (χ2n) is 13.1. The Morgan fingerprint density at radius 3 is 1.67 bits per heavy atom. The fourth-order valence-electron chi connectivity index (χ4n) is 8.16. The molecule has 0 atom stereocenters. The number of hydrogen-bond acceptors (Lipinski definition) is 3. The third-order valence-electron chi connectivity index (χ3n) is 10.4. The van der Waals surface area contributed by atoms with E-state index in [4.69, 9.17) is 4.98 Å². The Hall–Kier alpha value is -6.07. The lowest BCUT2D eigenvalue weighted by Gasteiger charge is -2.44. The van der Waals surface area contributed by atoms with E-state index in [9.17, 15) is 0 Å². The van der Waals surface area contributed by atoms with E-state index in [0.29, 0.717) is 0 Å². The lowest BCUT2D eigenvalue weighted by atomic mass is 10.0. The van der Waals surface area contributed by atoms with Gasteiger partial charge in [-0.3, -0.25) is 4.90 Å². The van der Waals surface area contributed by atoms with E-state index in [-0.39, 0.29) is 0 Å². The molecule has 3 heterocycles. The van der Waals surface area contributed by atoms with E-state index in [1.54, 1.807) is 0 Å². The van der Waals surface area contributed by atoms with E-state index >= 15 is 0 Å². The number of hydrogen-bond donors (Lipinski definition) is 0. The van der Waals surface area contributed by atoms with Gasteiger partial charge in [0.15, 0.2) is 8.07 Å². The summed E-state index contributed by atoms with van der Waals surface area (Å²) in [6, 6.07) is 70.9. The largest absolute Gasteiger partial charge is 0.295 e. The number of rotatable bonds is 5. The van der Waals surface area contributed by atoms with E-state index < -0.39 is 8.07 Å². The summed E-state index contributed by atoms with van der Waals surface area (Å²) in [7, 11) is -2.67. The molecule has 0 bridgehead atoms. The molecule has 9 aromatic rings. The van der Waals surface area contributed by atoms with Crippen LogP contribution in [0, 0.1) is 0 Å². The van der Waals surface area contributed by atoms with E-state index in [1.807, 2.05) is 11.3 Å². The molecule has 2 aromatic heterocycles. The van der Waals surface area contributed by atoms with Crippen LogP contribution in [0.4, 0.5) is 17.2 Å². The number of benzene rings is 7. The molecule has 0 radical (unpaired) electrons. The van der Waals surface area contributed by atoms with Crippen LogP contribution in [0.3, 0.4) is 0 Å². The molecule has 1 aliphatic heterocycles. The van der Waals surface area contributed by atoms with Crippen LogP contribution in [-0.4, -0.2) is 13.1 Å². The highest BCUT2D eigenvalue weighted by molar-refractivity contribution is 7.26. The van der Waals surface area contributed by atoms with Crippen LogP contribution in [0.1, 0.15) is 0 Å². The number of nitrogens with zero attached hydrogens (tertiary/aromatic N) is 2. The van der Waals surface area contributed by atoms with E-state index in [1.165, 1.54) is 63.4 Å².